The molecule has 0 radical (unpaired) electrons. The van der Waals surface area contributed by atoms with Crippen molar-refractivity contribution in [2.24, 2.45) is 7.05 Å². The summed E-state index contributed by atoms with van der Waals surface area (Å²) in [7, 11) is 1.79. The number of fused-ring (bicyclic) bond motifs is 1. The maximum Gasteiger partial charge on any atom is 0.135 e. The molecule has 0 aliphatic heterocycles. The van der Waals surface area contributed by atoms with Crippen molar-refractivity contribution in [3.05, 3.63) is 28.6 Å². The molecular formula is C8H6BrFN2. The molecule has 2 rings (SSSR count). The van der Waals surface area contributed by atoms with Crippen molar-refractivity contribution >= 4 is 26.8 Å². The average molecular weight is 229 g/mol. The Kier molecular flexibility index (Phi) is 1.65. The van der Waals surface area contributed by atoms with Crippen LogP contribution in [-0.2, 0) is 7.05 Å². The first-order valence-corrected chi connectivity index (χ1v) is 4.24. The summed E-state index contributed by atoms with van der Waals surface area (Å²) in [6.45, 7) is 0. The summed E-state index contributed by atoms with van der Waals surface area (Å²) >= 11 is 3.22. The van der Waals surface area contributed by atoms with Crippen molar-refractivity contribution in [1.29, 1.82) is 0 Å². The molecule has 1 heterocycles. The maximum absolute atomic E-state index is 13.2. The monoisotopic (exact) mass is 228 g/mol. The molecule has 0 unspecified atom stereocenters. The second-order valence-electron chi connectivity index (χ2n) is 2.59. The van der Waals surface area contributed by atoms with Crippen molar-refractivity contribution in [1.82, 2.24) is 9.78 Å². The zero-order chi connectivity index (χ0) is 8.72. The molecule has 0 amide bonds. The molecular weight excluding hydrogens is 223 g/mol. The lowest BCUT2D eigenvalue weighted by molar-refractivity contribution is 0.639. The summed E-state index contributed by atoms with van der Waals surface area (Å²) in [6, 6.07) is 3.27. The third-order valence-corrected chi connectivity index (χ3v) is 2.24. The van der Waals surface area contributed by atoms with Crippen molar-refractivity contribution in [3.8, 4) is 0 Å². The van der Waals surface area contributed by atoms with Gasteiger partial charge < -0.3 is 0 Å². The highest BCUT2D eigenvalue weighted by molar-refractivity contribution is 9.10. The van der Waals surface area contributed by atoms with Crippen molar-refractivity contribution in [2.75, 3.05) is 0 Å². The van der Waals surface area contributed by atoms with Crippen LogP contribution >= 0.6 is 15.9 Å². The molecule has 12 heavy (non-hydrogen) atoms. The standard InChI is InChI=1S/C8H6BrFN2/c1-12-8-3-5(9)2-7(10)6(8)4-11-12/h2-4H,1H3. The Morgan fingerprint density at radius 3 is 3.00 bits per heavy atom. The van der Waals surface area contributed by atoms with E-state index in [4.69, 9.17) is 0 Å². The molecule has 0 bridgehead atoms. The van der Waals surface area contributed by atoms with E-state index in [9.17, 15) is 4.39 Å². The van der Waals surface area contributed by atoms with E-state index in [2.05, 4.69) is 21.0 Å². The van der Waals surface area contributed by atoms with Gasteiger partial charge in [0.15, 0.2) is 0 Å². The van der Waals surface area contributed by atoms with E-state index < -0.39 is 0 Å². The van der Waals surface area contributed by atoms with E-state index in [0.29, 0.717) is 5.39 Å². The number of aryl methyl sites for hydroxylation is 1. The topological polar surface area (TPSA) is 17.8 Å². The van der Waals surface area contributed by atoms with Crippen LogP contribution in [0.3, 0.4) is 0 Å². The first-order chi connectivity index (χ1) is 5.68. The van der Waals surface area contributed by atoms with E-state index in [-0.39, 0.29) is 5.82 Å². The zero-order valence-electron chi connectivity index (χ0n) is 6.38. The number of halogens is 2. The summed E-state index contributed by atoms with van der Waals surface area (Å²) in [5, 5.41) is 4.51. The van der Waals surface area contributed by atoms with Gasteiger partial charge in [0, 0.05) is 11.5 Å². The molecule has 4 heteroatoms. The van der Waals surface area contributed by atoms with Crippen LogP contribution in [0.4, 0.5) is 4.39 Å². The number of nitrogens with zero attached hydrogens (tertiary/aromatic N) is 2. The van der Waals surface area contributed by atoms with Crippen molar-refractivity contribution < 1.29 is 4.39 Å². The van der Waals surface area contributed by atoms with E-state index in [1.165, 1.54) is 12.3 Å². The lowest BCUT2D eigenvalue weighted by Gasteiger charge is -1.96. The Labute approximate surface area is 77.1 Å². The minimum Gasteiger partial charge on any atom is -0.268 e. The molecule has 0 aliphatic carbocycles. The number of rotatable bonds is 0. The predicted octanol–water partition coefficient (Wildman–Crippen LogP) is 2.47. The molecule has 0 spiro atoms. The Bertz CT molecular complexity index is 436. The quantitative estimate of drug-likeness (QED) is 0.678. The van der Waals surface area contributed by atoms with E-state index in [1.54, 1.807) is 11.7 Å². The third-order valence-electron chi connectivity index (χ3n) is 1.78. The van der Waals surface area contributed by atoms with E-state index >= 15 is 0 Å². The van der Waals surface area contributed by atoms with Crippen molar-refractivity contribution in [3.63, 3.8) is 0 Å². The van der Waals surface area contributed by atoms with Crippen molar-refractivity contribution in [2.45, 2.75) is 0 Å². The Balaban J connectivity index is 2.92. The molecule has 1 aromatic heterocycles. The van der Waals surface area contributed by atoms with Gasteiger partial charge >= 0.3 is 0 Å². The fourth-order valence-electron chi connectivity index (χ4n) is 1.17. The highest BCUT2D eigenvalue weighted by Gasteiger charge is 2.05. The molecule has 0 N–H and O–H groups in total. The fourth-order valence-corrected chi connectivity index (χ4v) is 1.59. The van der Waals surface area contributed by atoms with Gasteiger partial charge in [-0.05, 0) is 12.1 Å². The molecule has 62 valence electrons. The van der Waals surface area contributed by atoms with Gasteiger partial charge in [-0.3, -0.25) is 4.68 Å². The van der Waals surface area contributed by atoms with Gasteiger partial charge in [-0.25, -0.2) is 4.39 Å². The lowest BCUT2D eigenvalue weighted by Crippen LogP contribution is -1.88. The third kappa shape index (κ3) is 1.03. The average Bonchev–Trinajstić information content (AvgIpc) is 2.33. The van der Waals surface area contributed by atoms with Gasteiger partial charge in [-0.15, -0.1) is 0 Å². The van der Waals surface area contributed by atoms with E-state index in [0.717, 1.165) is 9.99 Å². The van der Waals surface area contributed by atoms with Crippen LogP contribution in [0.2, 0.25) is 0 Å². The highest BCUT2D eigenvalue weighted by Crippen LogP contribution is 2.22. The number of hydrogen-bond donors (Lipinski definition) is 0. The fraction of sp³-hybridized carbons (Fsp3) is 0.125. The van der Waals surface area contributed by atoms with Crippen LogP contribution in [0.5, 0.6) is 0 Å². The molecule has 0 saturated heterocycles. The highest BCUT2D eigenvalue weighted by atomic mass is 79.9. The minimum atomic E-state index is -0.243. The lowest BCUT2D eigenvalue weighted by atomic mass is 10.2. The van der Waals surface area contributed by atoms with Crippen LogP contribution < -0.4 is 0 Å². The minimum absolute atomic E-state index is 0.243. The Morgan fingerprint density at radius 2 is 2.25 bits per heavy atom. The first-order valence-electron chi connectivity index (χ1n) is 3.45. The molecule has 2 aromatic rings. The van der Waals surface area contributed by atoms with Gasteiger partial charge in [0.05, 0.1) is 17.1 Å². The normalized spacial score (nSPS) is 10.9. The number of benzene rings is 1. The van der Waals surface area contributed by atoms with Crippen LogP contribution in [0.15, 0.2) is 22.8 Å². The smallest absolute Gasteiger partial charge is 0.135 e. The molecule has 0 saturated carbocycles. The number of hydrogen-bond acceptors (Lipinski definition) is 1. The maximum atomic E-state index is 13.2. The molecule has 2 nitrogen and oxygen atoms in total. The molecule has 0 atom stereocenters. The molecule has 1 aromatic carbocycles. The van der Waals surface area contributed by atoms with Crippen LogP contribution in [0.25, 0.3) is 10.9 Å². The molecule has 0 aliphatic rings. The predicted molar refractivity (Wildman–Crippen MR) is 48.4 cm³/mol. The first kappa shape index (κ1) is 7.73. The SMILES string of the molecule is Cn1ncc2c(F)cc(Br)cc21. The van der Waals surface area contributed by atoms with E-state index in [1.807, 2.05) is 6.07 Å². The number of aromatic nitrogens is 2. The van der Waals surface area contributed by atoms with Gasteiger partial charge in [0.2, 0.25) is 0 Å². The van der Waals surface area contributed by atoms with Crippen LogP contribution in [0, 0.1) is 5.82 Å². The zero-order valence-corrected chi connectivity index (χ0v) is 7.97. The largest absolute Gasteiger partial charge is 0.268 e. The van der Waals surface area contributed by atoms with Crippen LogP contribution in [-0.4, -0.2) is 9.78 Å². The second-order valence-corrected chi connectivity index (χ2v) is 3.50. The summed E-state index contributed by atoms with van der Waals surface area (Å²) in [6.07, 6.45) is 1.52. The van der Waals surface area contributed by atoms with Gasteiger partial charge in [0.25, 0.3) is 0 Å². The van der Waals surface area contributed by atoms with Gasteiger partial charge in [-0.1, -0.05) is 15.9 Å². The summed E-state index contributed by atoms with van der Waals surface area (Å²) < 4.78 is 15.6. The summed E-state index contributed by atoms with van der Waals surface area (Å²) in [5.41, 5.74) is 0.793. The molecule has 0 fully saturated rings. The summed E-state index contributed by atoms with van der Waals surface area (Å²) in [5.74, 6) is -0.243. The van der Waals surface area contributed by atoms with Gasteiger partial charge in [0.1, 0.15) is 5.82 Å². The Hall–Kier alpha value is -0.900. The second kappa shape index (κ2) is 2.55. The van der Waals surface area contributed by atoms with Gasteiger partial charge in [-0.2, -0.15) is 5.10 Å². The van der Waals surface area contributed by atoms with Crippen LogP contribution in [0.1, 0.15) is 0 Å². The summed E-state index contributed by atoms with van der Waals surface area (Å²) in [4.78, 5) is 0. The Morgan fingerprint density at radius 1 is 1.50 bits per heavy atom.